The lowest BCUT2D eigenvalue weighted by Crippen LogP contribution is -2.40. The summed E-state index contributed by atoms with van der Waals surface area (Å²) >= 11 is 0. The fraction of sp³-hybridized carbons (Fsp3) is 0.562. The van der Waals surface area contributed by atoms with Gasteiger partial charge in [-0.25, -0.2) is 8.42 Å². The Morgan fingerprint density at radius 1 is 1.36 bits per heavy atom. The molecule has 1 unspecified atom stereocenters. The largest absolute Gasteiger partial charge is 0.359 e. The third-order valence-corrected chi connectivity index (χ3v) is 6.28. The first-order valence-electron chi connectivity index (χ1n) is 7.71. The molecule has 1 fully saturated rings. The molecule has 1 N–H and O–H groups in total. The summed E-state index contributed by atoms with van der Waals surface area (Å²) in [6.07, 6.45) is 3.03. The number of amides is 1. The summed E-state index contributed by atoms with van der Waals surface area (Å²) < 4.78 is 27.2. The molecule has 0 saturated carbocycles. The average molecular weight is 324 g/mol. The number of hydrogen-bond acceptors (Lipinski definition) is 3. The zero-order valence-corrected chi connectivity index (χ0v) is 14.0. The number of hydrogen-bond donors (Lipinski definition) is 1. The molecule has 2 rings (SSSR count). The van der Waals surface area contributed by atoms with Gasteiger partial charge in [0.25, 0.3) is 0 Å². The average Bonchev–Trinajstić information content (AvgIpc) is 2.53. The Kier molecular flexibility index (Phi) is 5.58. The molecule has 6 heteroatoms. The lowest BCUT2D eigenvalue weighted by molar-refractivity contribution is -0.120. The van der Waals surface area contributed by atoms with E-state index in [1.165, 1.54) is 0 Å². The topological polar surface area (TPSA) is 66.5 Å². The number of sulfonamides is 1. The molecule has 0 spiro atoms. The summed E-state index contributed by atoms with van der Waals surface area (Å²) in [7, 11) is -1.81. The van der Waals surface area contributed by atoms with Crippen LogP contribution < -0.4 is 5.32 Å². The van der Waals surface area contributed by atoms with Crippen molar-refractivity contribution in [3.05, 3.63) is 29.8 Å². The lowest BCUT2D eigenvalue weighted by atomic mass is 9.94. The SMILES string of the molecule is CNC(=O)CCC1CCCN(S(=O)(=O)c2ccccc2C)C1. The van der Waals surface area contributed by atoms with Gasteiger partial charge in [0.2, 0.25) is 15.9 Å². The van der Waals surface area contributed by atoms with Crippen molar-refractivity contribution in [3.8, 4) is 0 Å². The maximum Gasteiger partial charge on any atom is 0.243 e. The van der Waals surface area contributed by atoms with E-state index in [1.54, 1.807) is 23.5 Å². The van der Waals surface area contributed by atoms with Crippen LogP contribution >= 0.6 is 0 Å². The van der Waals surface area contributed by atoms with Crippen LogP contribution in [0.1, 0.15) is 31.2 Å². The van der Waals surface area contributed by atoms with Crippen LogP contribution in [-0.4, -0.2) is 38.8 Å². The Morgan fingerprint density at radius 2 is 2.09 bits per heavy atom. The third-order valence-electron chi connectivity index (χ3n) is 4.25. The van der Waals surface area contributed by atoms with Crippen molar-refractivity contribution in [3.63, 3.8) is 0 Å². The quantitative estimate of drug-likeness (QED) is 0.900. The second-order valence-corrected chi connectivity index (χ2v) is 7.76. The van der Waals surface area contributed by atoms with E-state index in [0.29, 0.717) is 24.4 Å². The van der Waals surface area contributed by atoms with E-state index in [1.807, 2.05) is 19.1 Å². The normalized spacial score (nSPS) is 19.8. The van der Waals surface area contributed by atoms with Gasteiger partial charge in [0.15, 0.2) is 0 Å². The second kappa shape index (κ2) is 7.24. The summed E-state index contributed by atoms with van der Waals surface area (Å²) in [4.78, 5) is 11.7. The van der Waals surface area contributed by atoms with Gasteiger partial charge in [-0.05, 0) is 43.7 Å². The zero-order valence-electron chi connectivity index (χ0n) is 13.2. The molecule has 0 aliphatic carbocycles. The maximum absolute atomic E-state index is 12.8. The van der Waals surface area contributed by atoms with Gasteiger partial charge in [0.05, 0.1) is 4.90 Å². The monoisotopic (exact) mass is 324 g/mol. The summed E-state index contributed by atoms with van der Waals surface area (Å²) in [5.74, 6) is 0.267. The fourth-order valence-electron chi connectivity index (χ4n) is 2.93. The molecule has 122 valence electrons. The number of nitrogens with one attached hydrogen (secondary N) is 1. The molecule has 1 amide bonds. The molecule has 1 saturated heterocycles. The van der Waals surface area contributed by atoms with Crippen LogP contribution in [0.5, 0.6) is 0 Å². The number of nitrogens with zero attached hydrogens (tertiary/aromatic N) is 1. The number of rotatable bonds is 5. The van der Waals surface area contributed by atoms with Gasteiger partial charge in [-0.1, -0.05) is 18.2 Å². The van der Waals surface area contributed by atoms with Gasteiger partial charge in [0, 0.05) is 26.6 Å². The van der Waals surface area contributed by atoms with Gasteiger partial charge in [-0.2, -0.15) is 4.31 Å². The highest BCUT2D eigenvalue weighted by molar-refractivity contribution is 7.89. The van der Waals surface area contributed by atoms with Crippen LogP contribution in [0.15, 0.2) is 29.2 Å². The molecule has 0 aromatic heterocycles. The predicted octanol–water partition coefficient (Wildman–Crippen LogP) is 1.92. The number of carbonyl (C=O) groups excluding carboxylic acids is 1. The molecule has 1 aromatic rings. The van der Waals surface area contributed by atoms with Crippen molar-refractivity contribution < 1.29 is 13.2 Å². The van der Waals surface area contributed by atoms with Gasteiger partial charge < -0.3 is 5.32 Å². The van der Waals surface area contributed by atoms with E-state index >= 15 is 0 Å². The number of piperidine rings is 1. The van der Waals surface area contributed by atoms with E-state index in [-0.39, 0.29) is 11.8 Å². The predicted molar refractivity (Wildman–Crippen MR) is 86.0 cm³/mol. The van der Waals surface area contributed by atoms with E-state index in [0.717, 1.165) is 24.8 Å². The molecule has 1 atom stereocenters. The van der Waals surface area contributed by atoms with Gasteiger partial charge in [-0.3, -0.25) is 4.79 Å². The molecule has 22 heavy (non-hydrogen) atoms. The summed E-state index contributed by atoms with van der Waals surface area (Å²) in [6, 6.07) is 7.09. The van der Waals surface area contributed by atoms with Crippen molar-refractivity contribution in [2.45, 2.75) is 37.5 Å². The number of benzene rings is 1. The van der Waals surface area contributed by atoms with Gasteiger partial charge >= 0.3 is 0 Å². The van der Waals surface area contributed by atoms with Crippen LogP contribution in [0, 0.1) is 12.8 Å². The second-order valence-electron chi connectivity index (χ2n) is 5.85. The maximum atomic E-state index is 12.8. The Labute approximate surface area is 132 Å². The standard InChI is InChI=1S/C16H24N2O3S/c1-13-6-3-4-8-15(13)22(20,21)18-11-5-7-14(12-18)9-10-16(19)17-2/h3-4,6,8,14H,5,7,9-12H2,1-2H3,(H,17,19). The van der Waals surface area contributed by atoms with Crippen LogP contribution in [0.4, 0.5) is 0 Å². The minimum Gasteiger partial charge on any atom is -0.359 e. The van der Waals surface area contributed by atoms with E-state index < -0.39 is 10.0 Å². The molecule has 5 nitrogen and oxygen atoms in total. The molecule has 1 heterocycles. The molecule has 1 aliphatic rings. The highest BCUT2D eigenvalue weighted by Crippen LogP contribution is 2.27. The summed E-state index contributed by atoms with van der Waals surface area (Å²) in [5, 5.41) is 2.61. The first kappa shape index (κ1) is 17.0. The van der Waals surface area contributed by atoms with Crippen molar-refractivity contribution in [1.29, 1.82) is 0 Å². The first-order valence-corrected chi connectivity index (χ1v) is 9.15. The molecule has 1 aromatic carbocycles. The van der Waals surface area contributed by atoms with Gasteiger partial charge in [-0.15, -0.1) is 0 Å². The van der Waals surface area contributed by atoms with Crippen LogP contribution in [0.3, 0.4) is 0 Å². The minimum absolute atomic E-state index is 0.0129. The summed E-state index contributed by atoms with van der Waals surface area (Å²) in [6.45, 7) is 2.89. The number of aryl methyl sites for hydroxylation is 1. The fourth-order valence-corrected chi connectivity index (χ4v) is 4.71. The van der Waals surface area contributed by atoms with E-state index in [9.17, 15) is 13.2 Å². The molecule has 0 bridgehead atoms. The van der Waals surface area contributed by atoms with Crippen LogP contribution in [-0.2, 0) is 14.8 Å². The minimum atomic E-state index is -3.44. The first-order chi connectivity index (χ1) is 10.4. The van der Waals surface area contributed by atoms with Crippen LogP contribution in [0.25, 0.3) is 0 Å². The lowest BCUT2D eigenvalue weighted by Gasteiger charge is -2.32. The van der Waals surface area contributed by atoms with E-state index in [4.69, 9.17) is 0 Å². The summed E-state index contributed by atoms with van der Waals surface area (Å²) in [5.41, 5.74) is 0.773. The molecular formula is C16H24N2O3S. The highest BCUT2D eigenvalue weighted by Gasteiger charge is 2.31. The van der Waals surface area contributed by atoms with Crippen molar-refractivity contribution in [2.24, 2.45) is 5.92 Å². The Hall–Kier alpha value is -1.40. The smallest absolute Gasteiger partial charge is 0.243 e. The van der Waals surface area contributed by atoms with Crippen molar-refractivity contribution >= 4 is 15.9 Å². The van der Waals surface area contributed by atoms with Crippen molar-refractivity contribution in [2.75, 3.05) is 20.1 Å². The molecule has 0 radical (unpaired) electrons. The Morgan fingerprint density at radius 3 is 2.77 bits per heavy atom. The number of carbonyl (C=O) groups is 1. The Balaban J connectivity index is 2.08. The zero-order chi connectivity index (χ0) is 16.2. The molecule has 1 aliphatic heterocycles. The van der Waals surface area contributed by atoms with Gasteiger partial charge in [0.1, 0.15) is 0 Å². The van der Waals surface area contributed by atoms with Crippen LogP contribution in [0.2, 0.25) is 0 Å². The van der Waals surface area contributed by atoms with E-state index in [2.05, 4.69) is 5.32 Å². The molecular weight excluding hydrogens is 300 g/mol. The van der Waals surface area contributed by atoms with Crippen molar-refractivity contribution in [1.82, 2.24) is 9.62 Å². The highest BCUT2D eigenvalue weighted by atomic mass is 32.2. The Bertz CT molecular complexity index is 628. The third kappa shape index (κ3) is 3.87.